The van der Waals surface area contributed by atoms with Crippen LogP contribution in [0.2, 0.25) is 0 Å². The van der Waals surface area contributed by atoms with E-state index in [2.05, 4.69) is 26.8 Å². The fourth-order valence-corrected chi connectivity index (χ4v) is 3.76. The summed E-state index contributed by atoms with van der Waals surface area (Å²) < 4.78 is 7.07. The van der Waals surface area contributed by atoms with E-state index in [4.69, 9.17) is 4.74 Å². The van der Waals surface area contributed by atoms with E-state index in [0.717, 1.165) is 28.1 Å². The van der Waals surface area contributed by atoms with E-state index < -0.39 is 0 Å². The summed E-state index contributed by atoms with van der Waals surface area (Å²) in [5.41, 5.74) is 3.91. The summed E-state index contributed by atoms with van der Waals surface area (Å²) in [6, 6.07) is 27.3. The minimum absolute atomic E-state index is 0.213. The molecule has 0 spiro atoms. The molecule has 1 amide bonds. The maximum atomic E-state index is 12.5. The largest absolute Gasteiger partial charge is 0.497 e. The van der Waals surface area contributed by atoms with Gasteiger partial charge >= 0.3 is 0 Å². The molecule has 1 aromatic heterocycles. The molecule has 7 nitrogen and oxygen atoms in total. The lowest BCUT2D eigenvalue weighted by atomic mass is 10.0. The number of carbonyl (C=O) groups is 1. The highest BCUT2D eigenvalue weighted by atomic mass is 16.5. The molecule has 0 aliphatic carbocycles. The highest BCUT2D eigenvalue weighted by Crippen LogP contribution is 2.33. The topological polar surface area (TPSA) is 81.1 Å². The minimum atomic E-state index is -0.302. The molecule has 168 valence electrons. The molecule has 4 aromatic rings. The predicted octanol–water partition coefficient (Wildman–Crippen LogP) is 4.99. The lowest BCUT2D eigenvalue weighted by Crippen LogP contribution is -2.20. The number of rotatable bonds is 6. The summed E-state index contributed by atoms with van der Waals surface area (Å²) in [4.78, 5) is 17.0. The van der Waals surface area contributed by atoms with Gasteiger partial charge in [0.25, 0.3) is 11.9 Å². The molecule has 7 heteroatoms. The van der Waals surface area contributed by atoms with Crippen molar-refractivity contribution in [3.8, 4) is 5.75 Å². The van der Waals surface area contributed by atoms with Crippen molar-refractivity contribution in [3.63, 3.8) is 0 Å². The van der Waals surface area contributed by atoms with Gasteiger partial charge in [-0.25, -0.2) is 4.68 Å². The fourth-order valence-electron chi connectivity index (χ4n) is 3.76. The Bertz CT molecular complexity index is 1340. The molecular weight excluding hydrogens is 426 g/mol. The zero-order chi connectivity index (χ0) is 23.3. The molecule has 1 aliphatic heterocycles. The lowest BCUT2D eigenvalue weighted by Gasteiger charge is -2.24. The summed E-state index contributed by atoms with van der Waals surface area (Å²) in [6.45, 7) is 0. The van der Waals surface area contributed by atoms with Crippen molar-refractivity contribution >= 4 is 29.6 Å². The monoisotopic (exact) mass is 449 g/mol. The Morgan fingerprint density at radius 3 is 2.41 bits per heavy atom. The van der Waals surface area contributed by atoms with Crippen molar-refractivity contribution in [1.82, 2.24) is 14.8 Å². The highest BCUT2D eigenvalue weighted by molar-refractivity contribution is 6.01. The van der Waals surface area contributed by atoms with Gasteiger partial charge in [-0.3, -0.25) is 10.1 Å². The first-order valence-electron chi connectivity index (χ1n) is 10.9. The summed E-state index contributed by atoms with van der Waals surface area (Å²) in [6.07, 6.45) is 5.32. The van der Waals surface area contributed by atoms with Gasteiger partial charge in [0.1, 0.15) is 11.8 Å². The number of methoxy groups -OCH3 is 1. The number of aromatic nitrogens is 3. The number of hydrogen-bond donors (Lipinski definition) is 2. The third-order valence-electron chi connectivity index (χ3n) is 5.47. The molecule has 5 rings (SSSR count). The van der Waals surface area contributed by atoms with Crippen LogP contribution in [0.5, 0.6) is 5.75 Å². The van der Waals surface area contributed by atoms with Crippen molar-refractivity contribution in [2.24, 2.45) is 0 Å². The number of hydrogen-bond acceptors (Lipinski definition) is 5. The van der Waals surface area contributed by atoms with Crippen LogP contribution in [-0.2, 0) is 4.79 Å². The maximum Gasteiger partial charge on any atom is 0.250 e. The normalized spacial score (nSPS) is 14.7. The number of anilines is 2. The molecule has 0 bridgehead atoms. The minimum Gasteiger partial charge on any atom is -0.497 e. The Morgan fingerprint density at radius 1 is 1.00 bits per heavy atom. The average Bonchev–Trinajstić information content (AvgIpc) is 3.30. The van der Waals surface area contributed by atoms with Gasteiger partial charge in [0.15, 0.2) is 0 Å². The van der Waals surface area contributed by atoms with Crippen LogP contribution in [0.4, 0.5) is 11.9 Å². The molecule has 1 unspecified atom stereocenters. The van der Waals surface area contributed by atoms with E-state index in [1.54, 1.807) is 17.9 Å². The summed E-state index contributed by atoms with van der Waals surface area (Å²) in [5.74, 6) is 1.25. The molecule has 1 atom stereocenters. The van der Waals surface area contributed by atoms with E-state index in [1.807, 2.05) is 84.9 Å². The van der Waals surface area contributed by atoms with Crippen molar-refractivity contribution < 1.29 is 9.53 Å². The average molecular weight is 450 g/mol. The second-order valence-corrected chi connectivity index (χ2v) is 7.73. The van der Waals surface area contributed by atoms with Crippen LogP contribution in [0.3, 0.4) is 0 Å². The van der Waals surface area contributed by atoms with Gasteiger partial charge in [-0.2, -0.15) is 4.98 Å². The Labute approximate surface area is 197 Å². The molecule has 34 heavy (non-hydrogen) atoms. The van der Waals surface area contributed by atoms with Gasteiger partial charge in [-0.1, -0.05) is 72.8 Å². The van der Waals surface area contributed by atoms with E-state index in [0.29, 0.717) is 5.95 Å². The molecular formula is C27H23N5O2. The number of amides is 1. The maximum absolute atomic E-state index is 12.5. The quantitative estimate of drug-likeness (QED) is 0.405. The van der Waals surface area contributed by atoms with Gasteiger partial charge in [0.05, 0.1) is 7.11 Å². The molecule has 0 fully saturated rings. The number of benzene rings is 3. The van der Waals surface area contributed by atoms with Crippen LogP contribution < -0.4 is 15.4 Å². The number of carbonyl (C=O) groups excluding carboxylic acids is 1. The fraction of sp³-hybridized carbons (Fsp3) is 0.0741. The van der Waals surface area contributed by atoms with E-state index in [-0.39, 0.29) is 17.9 Å². The predicted molar refractivity (Wildman–Crippen MR) is 133 cm³/mol. The lowest BCUT2D eigenvalue weighted by molar-refractivity contribution is -0.111. The van der Waals surface area contributed by atoms with Crippen LogP contribution in [0, 0.1) is 0 Å². The van der Waals surface area contributed by atoms with Crippen LogP contribution >= 0.6 is 0 Å². The summed E-state index contributed by atoms with van der Waals surface area (Å²) in [7, 11) is 1.64. The zero-order valence-electron chi connectivity index (χ0n) is 18.6. The standard InChI is InChI=1S/C27H23N5O2/c1-34-22-15-13-21(14-16-22)24-18-23(20-10-6-3-7-11-20)28-27-30-26(31-32(24)27)29-25(33)17-12-19-8-4-2-5-9-19/h2-18,24H,1H3,(H2,28,29,30,31,33)/b17-12+. The smallest absolute Gasteiger partial charge is 0.250 e. The summed E-state index contributed by atoms with van der Waals surface area (Å²) in [5, 5.41) is 10.7. The van der Waals surface area contributed by atoms with Gasteiger partial charge in [0, 0.05) is 11.8 Å². The molecule has 0 saturated carbocycles. The second-order valence-electron chi connectivity index (χ2n) is 7.73. The first kappa shape index (κ1) is 21.2. The highest BCUT2D eigenvalue weighted by Gasteiger charge is 2.25. The number of allylic oxidation sites excluding steroid dienone is 1. The molecule has 2 heterocycles. The Balaban J connectivity index is 1.44. The van der Waals surface area contributed by atoms with Crippen LogP contribution in [0.1, 0.15) is 22.7 Å². The number of fused-ring (bicyclic) bond motifs is 1. The van der Waals surface area contributed by atoms with Crippen LogP contribution in [0.15, 0.2) is 97.1 Å². The molecule has 1 aliphatic rings. The van der Waals surface area contributed by atoms with Gasteiger partial charge < -0.3 is 10.1 Å². The van der Waals surface area contributed by atoms with Crippen molar-refractivity contribution in [1.29, 1.82) is 0 Å². The molecule has 0 radical (unpaired) electrons. The molecule has 0 saturated heterocycles. The zero-order valence-corrected chi connectivity index (χ0v) is 18.6. The van der Waals surface area contributed by atoms with Crippen LogP contribution in [-0.4, -0.2) is 27.8 Å². The Kier molecular flexibility index (Phi) is 5.90. The van der Waals surface area contributed by atoms with Gasteiger partial charge in [-0.05, 0) is 41.0 Å². The SMILES string of the molecule is COc1ccc(C2C=C(c3ccccc3)Nc3nc(NC(=O)/C=C/c4ccccc4)nn32)cc1. The van der Waals surface area contributed by atoms with E-state index in [9.17, 15) is 4.79 Å². The number of nitrogens with one attached hydrogen (secondary N) is 2. The number of ether oxygens (including phenoxy) is 1. The first-order valence-corrected chi connectivity index (χ1v) is 10.9. The molecule has 2 N–H and O–H groups in total. The molecule has 3 aromatic carbocycles. The van der Waals surface area contributed by atoms with Crippen molar-refractivity contribution in [2.75, 3.05) is 17.7 Å². The second kappa shape index (κ2) is 9.46. The van der Waals surface area contributed by atoms with Gasteiger partial charge in [-0.15, -0.1) is 5.10 Å². The Hall–Kier alpha value is -4.65. The third-order valence-corrected chi connectivity index (χ3v) is 5.47. The van der Waals surface area contributed by atoms with Crippen LogP contribution in [0.25, 0.3) is 11.8 Å². The van der Waals surface area contributed by atoms with Gasteiger partial charge in [0.2, 0.25) is 5.95 Å². The van der Waals surface area contributed by atoms with Crippen molar-refractivity contribution in [2.45, 2.75) is 6.04 Å². The Morgan fingerprint density at radius 2 is 1.71 bits per heavy atom. The van der Waals surface area contributed by atoms with E-state index in [1.165, 1.54) is 6.08 Å². The third kappa shape index (κ3) is 4.59. The van der Waals surface area contributed by atoms with Crippen molar-refractivity contribution in [3.05, 3.63) is 114 Å². The summed E-state index contributed by atoms with van der Waals surface area (Å²) >= 11 is 0. The number of nitrogens with zero attached hydrogens (tertiary/aromatic N) is 3. The van der Waals surface area contributed by atoms with E-state index >= 15 is 0 Å². The first-order chi connectivity index (χ1) is 16.7.